The summed E-state index contributed by atoms with van der Waals surface area (Å²) in [7, 11) is 0. The Morgan fingerprint density at radius 1 is 1.00 bits per heavy atom. The van der Waals surface area contributed by atoms with Crippen LogP contribution in [0.15, 0.2) is 0 Å². The van der Waals surface area contributed by atoms with E-state index in [0.717, 1.165) is 29.6 Å². The molecule has 1 saturated carbocycles. The van der Waals surface area contributed by atoms with Crippen molar-refractivity contribution in [1.29, 1.82) is 0 Å². The van der Waals surface area contributed by atoms with Gasteiger partial charge in [0, 0.05) is 0 Å². The van der Waals surface area contributed by atoms with Crippen LogP contribution < -0.4 is 0 Å². The fourth-order valence-electron chi connectivity index (χ4n) is 3.01. The standard InChI is InChI=1S/C15H30/c1-6-7-8-9-12(4)13(5)15-10-14(15)11(2)3/h11-15H,6-10H2,1-5H3. The maximum absolute atomic E-state index is 2.49. The third-order valence-corrected chi connectivity index (χ3v) is 4.58. The van der Waals surface area contributed by atoms with Crippen molar-refractivity contribution in [2.24, 2.45) is 29.6 Å². The predicted molar refractivity (Wildman–Crippen MR) is 68.9 cm³/mol. The van der Waals surface area contributed by atoms with Gasteiger partial charge in [-0.3, -0.25) is 0 Å². The lowest BCUT2D eigenvalue weighted by Gasteiger charge is -2.20. The Morgan fingerprint density at radius 2 is 1.67 bits per heavy atom. The van der Waals surface area contributed by atoms with E-state index >= 15 is 0 Å². The van der Waals surface area contributed by atoms with Crippen LogP contribution in [0.2, 0.25) is 0 Å². The summed E-state index contributed by atoms with van der Waals surface area (Å²) < 4.78 is 0. The molecule has 4 unspecified atom stereocenters. The van der Waals surface area contributed by atoms with Crippen LogP contribution in [0.5, 0.6) is 0 Å². The molecule has 15 heavy (non-hydrogen) atoms. The number of rotatable bonds is 7. The minimum Gasteiger partial charge on any atom is -0.0654 e. The van der Waals surface area contributed by atoms with Gasteiger partial charge in [0.15, 0.2) is 0 Å². The van der Waals surface area contributed by atoms with E-state index in [-0.39, 0.29) is 0 Å². The Morgan fingerprint density at radius 3 is 2.13 bits per heavy atom. The lowest BCUT2D eigenvalue weighted by molar-refractivity contribution is 0.294. The summed E-state index contributed by atoms with van der Waals surface area (Å²) in [5.74, 6) is 4.94. The van der Waals surface area contributed by atoms with Gasteiger partial charge in [0.25, 0.3) is 0 Å². The van der Waals surface area contributed by atoms with Crippen LogP contribution in [0.3, 0.4) is 0 Å². The Kier molecular flexibility index (Phi) is 5.15. The second kappa shape index (κ2) is 5.92. The predicted octanol–water partition coefficient (Wildman–Crippen LogP) is 5.13. The minimum absolute atomic E-state index is 0.917. The van der Waals surface area contributed by atoms with Gasteiger partial charge in [-0.05, 0) is 36.0 Å². The number of hydrogen-bond donors (Lipinski definition) is 0. The smallest absolute Gasteiger partial charge is 0.0352 e. The van der Waals surface area contributed by atoms with Crippen molar-refractivity contribution < 1.29 is 0 Å². The van der Waals surface area contributed by atoms with Crippen molar-refractivity contribution in [3.63, 3.8) is 0 Å². The molecule has 0 spiro atoms. The molecule has 0 saturated heterocycles. The van der Waals surface area contributed by atoms with E-state index in [1.54, 1.807) is 0 Å². The fourth-order valence-corrected chi connectivity index (χ4v) is 3.01. The summed E-state index contributed by atoms with van der Waals surface area (Å²) in [4.78, 5) is 0. The van der Waals surface area contributed by atoms with Gasteiger partial charge in [-0.1, -0.05) is 60.3 Å². The molecule has 0 N–H and O–H groups in total. The molecule has 4 atom stereocenters. The molecule has 1 aliphatic carbocycles. The molecule has 0 heterocycles. The van der Waals surface area contributed by atoms with E-state index in [1.165, 1.54) is 32.1 Å². The van der Waals surface area contributed by atoms with Gasteiger partial charge in [-0.15, -0.1) is 0 Å². The zero-order valence-corrected chi connectivity index (χ0v) is 11.4. The van der Waals surface area contributed by atoms with Crippen LogP contribution in [0.1, 0.15) is 66.7 Å². The Balaban J connectivity index is 2.19. The lowest BCUT2D eigenvalue weighted by atomic mass is 9.85. The largest absolute Gasteiger partial charge is 0.0654 e. The molecule has 90 valence electrons. The average molecular weight is 210 g/mol. The van der Waals surface area contributed by atoms with Crippen LogP contribution in [0.25, 0.3) is 0 Å². The first-order valence-corrected chi connectivity index (χ1v) is 7.07. The maximum Gasteiger partial charge on any atom is -0.0352 e. The fraction of sp³-hybridized carbons (Fsp3) is 1.00. The molecule has 0 aromatic carbocycles. The highest BCUT2D eigenvalue weighted by Gasteiger charge is 2.43. The highest BCUT2D eigenvalue weighted by atomic mass is 14.5. The van der Waals surface area contributed by atoms with Gasteiger partial charge in [0.2, 0.25) is 0 Å². The van der Waals surface area contributed by atoms with Gasteiger partial charge in [0.1, 0.15) is 0 Å². The Hall–Kier alpha value is 0. The van der Waals surface area contributed by atoms with Gasteiger partial charge in [0.05, 0.1) is 0 Å². The Bertz CT molecular complexity index is 171. The maximum atomic E-state index is 2.49. The Labute approximate surface area is 96.8 Å². The normalized spacial score (nSPS) is 29.2. The second-order valence-corrected chi connectivity index (χ2v) is 6.14. The first-order valence-electron chi connectivity index (χ1n) is 7.07. The molecule has 0 aromatic heterocycles. The molecule has 1 rings (SSSR count). The van der Waals surface area contributed by atoms with Crippen LogP contribution in [-0.2, 0) is 0 Å². The number of hydrogen-bond acceptors (Lipinski definition) is 0. The molecule has 0 aliphatic heterocycles. The van der Waals surface area contributed by atoms with Gasteiger partial charge in [-0.2, -0.15) is 0 Å². The number of unbranched alkanes of at least 4 members (excludes halogenated alkanes) is 2. The average Bonchev–Trinajstić information content (AvgIpc) is 2.96. The van der Waals surface area contributed by atoms with Crippen LogP contribution >= 0.6 is 0 Å². The van der Waals surface area contributed by atoms with Crippen molar-refractivity contribution in [2.75, 3.05) is 0 Å². The van der Waals surface area contributed by atoms with E-state index in [9.17, 15) is 0 Å². The van der Waals surface area contributed by atoms with Gasteiger partial charge < -0.3 is 0 Å². The van der Waals surface area contributed by atoms with E-state index in [0.29, 0.717) is 0 Å². The molecule has 0 aromatic rings. The summed E-state index contributed by atoms with van der Waals surface area (Å²) in [5, 5.41) is 0. The molecule has 0 nitrogen and oxygen atoms in total. The topological polar surface area (TPSA) is 0 Å². The molecule has 0 amide bonds. The molecule has 0 bridgehead atoms. The molecular weight excluding hydrogens is 180 g/mol. The lowest BCUT2D eigenvalue weighted by Crippen LogP contribution is -2.12. The minimum atomic E-state index is 0.917. The van der Waals surface area contributed by atoms with E-state index in [2.05, 4.69) is 34.6 Å². The summed E-state index contributed by atoms with van der Waals surface area (Å²) in [6.45, 7) is 12.0. The molecule has 1 fully saturated rings. The SMILES string of the molecule is CCCCCC(C)C(C)C1CC1C(C)C. The van der Waals surface area contributed by atoms with Crippen molar-refractivity contribution in [2.45, 2.75) is 66.7 Å². The molecular formula is C15H30. The molecule has 0 heteroatoms. The third kappa shape index (κ3) is 3.81. The quantitative estimate of drug-likeness (QED) is 0.511. The van der Waals surface area contributed by atoms with Crippen LogP contribution in [0, 0.1) is 29.6 Å². The van der Waals surface area contributed by atoms with Crippen LogP contribution in [-0.4, -0.2) is 0 Å². The molecule has 0 radical (unpaired) electrons. The summed E-state index contributed by atoms with van der Waals surface area (Å²) >= 11 is 0. The van der Waals surface area contributed by atoms with Crippen LogP contribution in [0.4, 0.5) is 0 Å². The van der Waals surface area contributed by atoms with Crippen molar-refractivity contribution >= 4 is 0 Å². The van der Waals surface area contributed by atoms with Crippen molar-refractivity contribution in [3.05, 3.63) is 0 Å². The van der Waals surface area contributed by atoms with Gasteiger partial charge in [-0.25, -0.2) is 0 Å². The highest BCUT2D eigenvalue weighted by Crippen LogP contribution is 2.51. The van der Waals surface area contributed by atoms with E-state index in [1.807, 2.05) is 0 Å². The van der Waals surface area contributed by atoms with Crippen molar-refractivity contribution in [3.8, 4) is 0 Å². The highest BCUT2D eigenvalue weighted by molar-refractivity contribution is 4.92. The van der Waals surface area contributed by atoms with E-state index in [4.69, 9.17) is 0 Å². The van der Waals surface area contributed by atoms with E-state index < -0.39 is 0 Å². The second-order valence-electron chi connectivity index (χ2n) is 6.14. The first kappa shape index (κ1) is 13.1. The summed E-state index contributed by atoms with van der Waals surface area (Å²) in [6.07, 6.45) is 7.20. The molecule has 1 aliphatic rings. The zero-order chi connectivity index (χ0) is 11.4. The summed E-state index contributed by atoms with van der Waals surface area (Å²) in [5.41, 5.74) is 0. The van der Waals surface area contributed by atoms with Gasteiger partial charge >= 0.3 is 0 Å². The summed E-state index contributed by atoms with van der Waals surface area (Å²) in [6, 6.07) is 0. The van der Waals surface area contributed by atoms with Crippen molar-refractivity contribution in [1.82, 2.24) is 0 Å². The third-order valence-electron chi connectivity index (χ3n) is 4.58. The zero-order valence-electron chi connectivity index (χ0n) is 11.4. The monoisotopic (exact) mass is 210 g/mol. The first-order chi connectivity index (χ1) is 7.07.